The van der Waals surface area contributed by atoms with E-state index in [-0.39, 0.29) is 18.4 Å². The van der Waals surface area contributed by atoms with Gasteiger partial charge in [0.2, 0.25) is 5.91 Å². The molecule has 2 N–H and O–H groups in total. The zero-order valence-corrected chi connectivity index (χ0v) is 16.5. The highest BCUT2D eigenvalue weighted by atomic mass is 35.5. The van der Waals surface area contributed by atoms with Crippen LogP contribution in [0.2, 0.25) is 10.0 Å². The van der Waals surface area contributed by atoms with Crippen LogP contribution in [-0.4, -0.2) is 28.5 Å². The molecule has 1 amide bonds. The van der Waals surface area contributed by atoms with Crippen LogP contribution in [0.3, 0.4) is 0 Å². The van der Waals surface area contributed by atoms with E-state index in [0.717, 1.165) is 18.4 Å². The quantitative estimate of drug-likeness (QED) is 0.652. The number of oxazole rings is 1. The van der Waals surface area contributed by atoms with Gasteiger partial charge in [0.25, 0.3) is 0 Å². The van der Waals surface area contributed by atoms with E-state index in [2.05, 4.69) is 0 Å². The van der Waals surface area contributed by atoms with Gasteiger partial charge in [-0.2, -0.15) is 0 Å². The number of carbonyl (C=O) groups excluding carboxylic acids is 1. The second kappa shape index (κ2) is 7.53. The predicted octanol–water partition coefficient (Wildman–Crippen LogP) is 3.89. The zero-order chi connectivity index (χ0) is 19.8. The van der Waals surface area contributed by atoms with Gasteiger partial charge in [0, 0.05) is 34.9 Å². The molecule has 0 unspecified atom stereocenters. The number of benzene rings is 2. The first kappa shape index (κ1) is 18.9. The number of nitrogen functional groups attached to an aromatic ring is 1. The van der Waals surface area contributed by atoms with E-state index >= 15 is 0 Å². The second-order valence-corrected chi connectivity index (χ2v) is 7.93. The van der Waals surface area contributed by atoms with E-state index in [1.807, 2.05) is 0 Å². The van der Waals surface area contributed by atoms with E-state index < -0.39 is 5.76 Å². The molecule has 28 heavy (non-hydrogen) atoms. The molecule has 2 aromatic carbocycles. The lowest BCUT2D eigenvalue weighted by molar-refractivity contribution is -0.132. The van der Waals surface area contributed by atoms with Gasteiger partial charge in [-0.1, -0.05) is 23.2 Å². The van der Waals surface area contributed by atoms with E-state index in [0.29, 0.717) is 39.9 Å². The highest BCUT2D eigenvalue weighted by Crippen LogP contribution is 2.27. The summed E-state index contributed by atoms with van der Waals surface area (Å²) in [6.07, 6.45) is 1.82. The fourth-order valence-electron chi connectivity index (χ4n) is 3.79. The monoisotopic (exact) mass is 419 g/mol. The SMILES string of the molecule is Nc1ccc2c(c1)oc(=O)n2[C@H]1CCCN(C(=O)Cc2cc(Cl)cc(Cl)c2)C1. The minimum atomic E-state index is -0.429. The summed E-state index contributed by atoms with van der Waals surface area (Å²) in [6, 6.07) is 10.1. The maximum atomic E-state index is 12.8. The van der Waals surface area contributed by atoms with Crippen LogP contribution in [0.5, 0.6) is 0 Å². The Hall–Kier alpha value is -2.44. The molecule has 2 heterocycles. The molecule has 0 saturated carbocycles. The fourth-order valence-corrected chi connectivity index (χ4v) is 4.36. The van der Waals surface area contributed by atoms with Crippen LogP contribution in [-0.2, 0) is 11.2 Å². The molecule has 1 saturated heterocycles. The average molecular weight is 420 g/mol. The number of carbonyl (C=O) groups is 1. The third kappa shape index (κ3) is 3.75. The van der Waals surface area contributed by atoms with Gasteiger partial charge in [0.1, 0.15) is 0 Å². The second-order valence-electron chi connectivity index (χ2n) is 7.06. The number of piperidine rings is 1. The highest BCUT2D eigenvalue weighted by molar-refractivity contribution is 6.34. The Labute approximate surface area is 171 Å². The number of nitrogens with two attached hydrogens (primary N) is 1. The molecule has 0 radical (unpaired) electrons. The number of anilines is 1. The van der Waals surface area contributed by atoms with Gasteiger partial charge in [-0.05, 0) is 48.7 Å². The number of nitrogens with zero attached hydrogens (tertiary/aromatic N) is 2. The van der Waals surface area contributed by atoms with Crippen LogP contribution in [0.1, 0.15) is 24.4 Å². The molecule has 1 aromatic heterocycles. The summed E-state index contributed by atoms with van der Waals surface area (Å²) in [4.78, 5) is 27.0. The van der Waals surface area contributed by atoms with Crippen molar-refractivity contribution in [3.05, 3.63) is 62.6 Å². The maximum Gasteiger partial charge on any atom is 0.420 e. The number of halogens is 2. The summed E-state index contributed by atoms with van der Waals surface area (Å²) in [6.45, 7) is 1.10. The average Bonchev–Trinajstić information content (AvgIpc) is 2.95. The van der Waals surface area contributed by atoms with Crippen molar-refractivity contribution in [2.75, 3.05) is 18.8 Å². The van der Waals surface area contributed by atoms with Crippen molar-refractivity contribution in [3.63, 3.8) is 0 Å². The predicted molar refractivity (Wildman–Crippen MR) is 110 cm³/mol. The zero-order valence-electron chi connectivity index (χ0n) is 15.0. The molecule has 0 spiro atoms. The number of fused-ring (bicyclic) bond motifs is 1. The molecule has 1 atom stereocenters. The van der Waals surface area contributed by atoms with Gasteiger partial charge in [-0.3, -0.25) is 9.36 Å². The Morgan fingerprint density at radius 1 is 1.18 bits per heavy atom. The van der Waals surface area contributed by atoms with E-state index in [9.17, 15) is 9.59 Å². The first-order chi connectivity index (χ1) is 13.4. The van der Waals surface area contributed by atoms with Gasteiger partial charge in [-0.15, -0.1) is 0 Å². The molecule has 6 nitrogen and oxygen atoms in total. The molecule has 4 rings (SSSR count). The van der Waals surface area contributed by atoms with Crippen molar-refractivity contribution in [2.45, 2.75) is 25.3 Å². The van der Waals surface area contributed by atoms with E-state index in [1.54, 1.807) is 45.9 Å². The normalized spacial score (nSPS) is 17.2. The van der Waals surface area contributed by atoms with E-state index in [4.69, 9.17) is 33.4 Å². The standard InChI is InChI=1S/C20H19Cl2N3O3/c21-13-6-12(7-14(22)9-13)8-19(26)24-5-1-2-16(11-24)25-17-4-3-15(23)10-18(17)28-20(25)27/h3-4,6-7,9-10,16H,1-2,5,8,11,23H2/t16-/m0/s1. The van der Waals surface area contributed by atoms with Crippen LogP contribution >= 0.6 is 23.2 Å². The lowest BCUT2D eigenvalue weighted by Gasteiger charge is -2.33. The smallest absolute Gasteiger partial charge is 0.408 e. The molecule has 146 valence electrons. The van der Waals surface area contributed by atoms with Crippen LogP contribution in [0.4, 0.5) is 5.69 Å². The van der Waals surface area contributed by atoms with Gasteiger partial charge < -0.3 is 15.1 Å². The summed E-state index contributed by atoms with van der Waals surface area (Å²) in [5.41, 5.74) is 8.24. The van der Waals surface area contributed by atoms with Crippen LogP contribution in [0.25, 0.3) is 11.1 Å². The molecule has 0 aliphatic carbocycles. The van der Waals surface area contributed by atoms with Crippen LogP contribution < -0.4 is 11.5 Å². The number of rotatable bonds is 3. The molecule has 3 aromatic rings. The minimum absolute atomic E-state index is 0.0203. The van der Waals surface area contributed by atoms with Gasteiger partial charge in [0.05, 0.1) is 18.0 Å². The first-order valence-corrected chi connectivity index (χ1v) is 9.79. The molecule has 1 fully saturated rings. The Kier molecular flexibility index (Phi) is 5.08. The highest BCUT2D eigenvalue weighted by Gasteiger charge is 2.27. The van der Waals surface area contributed by atoms with Crippen LogP contribution in [0, 0.1) is 0 Å². The summed E-state index contributed by atoms with van der Waals surface area (Å²) < 4.78 is 6.97. The van der Waals surface area contributed by atoms with E-state index in [1.165, 1.54) is 0 Å². The van der Waals surface area contributed by atoms with Gasteiger partial charge >= 0.3 is 5.76 Å². The fraction of sp³-hybridized carbons (Fsp3) is 0.300. The van der Waals surface area contributed by atoms with Crippen molar-refractivity contribution in [1.82, 2.24) is 9.47 Å². The number of likely N-dealkylation sites (tertiary alicyclic amines) is 1. The summed E-state index contributed by atoms with van der Waals surface area (Å²) in [5.74, 6) is -0.449. The molecule has 8 heteroatoms. The minimum Gasteiger partial charge on any atom is -0.408 e. The topological polar surface area (TPSA) is 81.5 Å². The number of hydrogen-bond donors (Lipinski definition) is 1. The Morgan fingerprint density at radius 2 is 1.93 bits per heavy atom. The third-order valence-electron chi connectivity index (χ3n) is 5.03. The summed E-state index contributed by atoms with van der Waals surface area (Å²) in [7, 11) is 0. The summed E-state index contributed by atoms with van der Waals surface area (Å²) >= 11 is 12.1. The Balaban J connectivity index is 1.55. The molecule has 0 bridgehead atoms. The maximum absolute atomic E-state index is 12.8. The largest absolute Gasteiger partial charge is 0.420 e. The Morgan fingerprint density at radius 3 is 2.68 bits per heavy atom. The van der Waals surface area contributed by atoms with Gasteiger partial charge in [-0.25, -0.2) is 4.79 Å². The molecule has 1 aliphatic heterocycles. The van der Waals surface area contributed by atoms with Crippen LogP contribution in [0.15, 0.2) is 45.6 Å². The van der Waals surface area contributed by atoms with Crippen molar-refractivity contribution in [1.29, 1.82) is 0 Å². The Bertz CT molecular complexity index is 1090. The lowest BCUT2D eigenvalue weighted by Crippen LogP contribution is -2.42. The summed E-state index contributed by atoms with van der Waals surface area (Å²) in [5, 5.41) is 1.00. The number of aromatic nitrogens is 1. The van der Waals surface area contributed by atoms with Crippen molar-refractivity contribution in [2.24, 2.45) is 0 Å². The first-order valence-electron chi connectivity index (χ1n) is 9.04. The molecule has 1 aliphatic rings. The number of amides is 1. The van der Waals surface area contributed by atoms with Crippen molar-refractivity contribution < 1.29 is 9.21 Å². The third-order valence-corrected chi connectivity index (χ3v) is 5.47. The molecular weight excluding hydrogens is 401 g/mol. The van der Waals surface area contributed by atoms with Crippen molar-refractivity contribution in [3.8, 4) is 0 Å². The van der Waals surface area contributed by atoms with Gasteiger partial charge in [0.15, 0.2) is 5.58 Å². The number of hydrogen-bond acceptors (Lipinski definition) is 4. The lowest BCUT2D eigenvalue weighted by atomic mass is 10.0. The van der Waals surface area contributed by atoms with Crippen molar-refractivity contribution >= 4 is 45.9 Å². The molecular formula is C20H19Cl2N3O3.